The highest BCUT2D eigenvalue weighted by molar-refractivity contribution is 4.97. The smallest absolute Gasteiger partial charge is 0.187 e. The SMILES string of the molecule is C[C@@H]1O[C@H](O)[C@H](O)[C@H](O[C@H]2O[C@H](CO)[C@@H](O[C@@H]3O[C@H](CO)[C@@H](O)[C@H](O[C@@H]4O[C@H](CO)[C@@H](O)[C@H](O)[C@H]4O)[C@@H]3O)[C@H](O)[C@H]2O)[C@H]1O. The molecule has 0 amide bonds. The van der Waals surface area contributed by atoms with Gasteiger partial charge in [0.15, 0.2) is 25.2 Å². The van der Waals surface area contributed by atoms with Gasteiger partial charge in [-0.15, -0.1) is 0 Å². The average Bonchev–Trinajstić information content (AvgIpc) is 3.00. The molecule has 20 heteroatoms. The van der Waals surface area contributed by atoms with Crippen LogP contribution in [-0.4, -0.2) is 209 Å². The summed E-state index contributed by atoms with van der Waals surface area (Å²) in [5.74, 6) is 0. The number of ether oxygens (including phenoxy) is 7. The van der Waals surface area contributed by atoms with Crippen molar-refractivity contribution < 1.29 is 99.5 Å². The first-order chi connectivity index (χ1) is 20.7. The highest BCUT2D eigenvalue weighted by atomic mass is 16.8. The molecule has 4 heterocycles. The van der Waals surface area contributed by atoms with E-state index < -0.39 is 143 Å². The van der Waals surface area contributed by atoms with Gasteiger partial charge in [-0.3, -0.25) is 0 Å². The Kier molecular flexibility index (Phi) is 12.3. The lowest BCUT2D eigenvalue weighted by Crippen LogP contribution is -2.67. The van der Waals surface area contributed by atoms with E-state index in [1.54, 1.807) is 0 Å². The number of hydrogen-bond donors (Lipinski definition) is 13. The van der Waals surface area contributed by atoms with Crippen molar-refractivity contribution in [2.45, 2.75) is 130 Å². The Balaban J connectivity index is 1.48. The minimum atomic E-state index is -1.99. The Labute approximate surface area is 249 Å². The Morgan fingerprint density at radius 1 is 0.409 bits per heavy atom. The molecule has 4 aliphatic heterocycles. The van der Waals surface area contributed by atoms with Crippen LogP contribution in [0.5, 0.6) is 0 Å². The summed E-state index contributed by atoms with van der Waals surface area (Å²) in [6.45, 7) is -1.17. The van der Waals surface area contributed by atoms with Gasteiger partial charge in [0.2, 0.25) is 0 Å². The first kappa shape index (κ1) is 36.0. The molecule has 4 aliphatic rings. The first-order valence-corrected chi connectivity index (χ1v) is 14.0. The average molecular weight is 651 g/mol. The van der Waals surface area contributed by atoms with Crippen LogP contribution in [0.25, 0.3) is 0 Å². The minimum Gasteiger partial charge on any atom is -0.394 e. The third kappa shape index (κ3) is 7.05. The number of aliphatic hydroxyl groups excluding tert-OH is 13. The summed E-state index contributed by atoms with van der Waals surface area (Å²) in [5.41, 5.74) is 0. The van der Waals surface area contributed by atoms with Crippen LogP contribution in [-0.2, 0) is 33.2 Å². The molecule has 0 radical (unpaired) electrons. The zero-order valence-corrected chi connectivity index (χ0v) is 23.3. The van der Waals surface area contributed by atoms with Crippen molar-refractivity contribution in [1.82, 2.24) is 0 Å². The molecule has 4 rings (SSSR count). The van der Waals surface area contributed by atoms with Crippen molar-refractivity contribution in [2.24, 2.45) is 0 Å². The molecule has 0 unspecified atom stereocenters. The molecule has 44 heavy (non-hydrogen) atoms. The van der Waals surface area contributed by atoms with Crippen LogP contribution in [0, 0.1) is 0 Å². The van der Waals surface area contributed by atoms with Crippen molar-refractivity contribution in [2.75, 3.05) is 19.8 Å². The second-order valence-corrected chi connectivity index (χ2v) is 11.1. The summed E-state index contributed by atoms with van der Waals surface area (Å²) in [7, 11) is 0. The molecule has 20 nitrogen and oxygen atoms in total. The van der Waals surface area contributed by atoms with Gasteiger partial charge in [-0.25, -0.2) is 0 Å². The van der Waals surface area contributed by atoms with E-state index >= 15 is 0 Å². The molecule has 4 fully saturated rings. The van der Waals surface area contributed by atoms with Crippen LogP contribution in [0.3, 0.4) is 0 Å². The quantitative estimate of drug-likeness (QED) is 0.110. The Morgan fingerprint density at radius 2 is 0.841 bits per heavy atom. The Hall–Kier alpha value is -0.800. The third-order valence-corrected chi connectivity index (χ3v) is 8.17. The van der Waals surface area contributed by atoms with Gasteiger partial charge in [0.25, 0.3) is 0 Å². The van der Waals surface area contributed by atoms with Gasteiger partial charge in [-0.1, -0.05) is 0 Å². The summed E-state index contributed by atoms with van der Waals surface area (Å²) in [6, 6.07) is 0. The zero-order valence-electron chi connectivity index (χ0n) is 23.3. The number of aliphatic hydroxyl groups is 13. The largest absolute Gasteiger partial charge is 0.394 e. The summed E-state index contributed by atoms with van der Waals surface area (Å²) in [4.78, 5) is 0. The summed E-state index contributed by atoms with van der Waals surface area (Å²) in [5, 5.41) is 133. The summed E-state index contributed by atoms with van der Waals surface area (Å²) in [6.07, 6.45) is -34.2. The van der Waals surface area contributed by atoms with Crippen LogP contribution < -0.4 is 0 Å². The summed E-state index contributed by atoms with van der Waals surface area (Å²) >= 11 is 0. The van der Waals surface area contributed by atoms with Crippen molar-refractivity contribution in [1.29, 1.82) is 0 Å². The van der Waals surface area contributed by atoms with Crippen LogP contribution in [0.1, 0.15) is 6.92 Å². The number of hydrogen-bond acceptors (Lipinski definition) is 20. The van der Waals surface area contributed by atoms with Gasteiger partial charge in [-0.2, -0.15) is 0 Å². The monoisotopic (exact) mass is 650 g/mol. The second kappa shape index (κ2) is 15.0. The zero-order chi connectivity index (χ0) is 32.6. The fourth-order valence-corrected chi connectivity index (χ4v) is 5.48. The Bertz CT molecular complexity index is 884. The van der Waals surface area contributed by atoms with E-state index in [2.05, 4.69) is 0 Å². The maximum Gasteiger partial charge on any atom is 0.187 e. The first-order valence-electron chi connectivity index (χ1n) is 14.0. The molecule has 0 spiro atoms. The number of rotatable bonds is 9. The molecule has 0 saturated carbocycles. The molecule has 0 aromatic heterocycles. The standard InChI is InChI=1S/C24H42O20/c1-5-9(28)19(16(35)21(37)38-5)43-23-15(34)13(32)18(8(4-27)41-23)42-24-17(36)20(11(30)7(3-26)40-24)44-22-14(33)12(31)10(29)6(2-25)39-22/h5-37H,2-4H2,1H3/t5-,6+,7+,8+,9-,10+,11+,12-,13+,14+,15+,16+,17-,18+,19+,20-,21-,22-,23+,24-/m0/s1. The highest BCUT2D eigenvalue weighted by Crippen LogP contribution is 2.34. The van der Waals surface area contributed by atoms with E-state index in [0.29, 0.717) is 0 Å². The normalized spacial score (nSPS) is 53.9. The lowest BCUT2D eigenvalue weighted by Gasteiger charge is -2.49. The predicted octanol–water partition coefficient (Wildman–Crippen LogP) is -8.72. The topological polar surface area (TPSA) is 328 Å². The molecular weight excluding hydrogens is 608 g/mol. The lowest BCUT2D eigenvalue weighted by atomic mass is 9.95. The maximum absolute atomic E-state index is 11.0. The van der Waals surface area contributed by atoms with E-state index in [1.807, 2.05) is 0 Å². The van der Waals surface area contributed by atoms with Crippen molar-refractivity contribution >= 4 is 0 Å². The molecule has 4 saturated heterocycles. The minimum absolute atomic E-state index is 0.796. The molecule has 258 valence electrons. The molecule has 0 aromatic carbocycles. The van der Waals surface area contributed by atoms with E-state index in [-0.39, 0.29) is 0 Å². The highest BCUT2D eigenvalue weighted by Gasteiger charge is 2.55. The fraction of sp³-hybridized carbons (Fsp3) is 1.00. The van der Waals surface area contributed by atoms with E-state index in [9.17, 15) is 66.4 Å². The molecule has 13 N–H and O–H groups in total. The van der Waals surface area contributed by atoms with E-state index in [1.165, 1.54) is 6.92 Å². The van der Waals surface area contributed by atoms with Crippen LogP contribution >= 0.6 is 0 Å². The second-order valence-electron chi connectivity index (χ2n) is 11.1. The fourth-order valence-electron chi connectivity index (χ4n) is 5.48. The molecule has 0 aromatic rings. The van der Waals surface area contributed by atoms with Gasteiger partial charge < -0.3 is 99.5 Å². The van der Waals surface area contributed by atoms with Gasteiger partial charge in [-0.05, 0) is 6.92 Å². The molecule has 20 atom stereocenters. The lowest BCUT2D eigenvalue weighted by molar-refractivity contribution is -0.388. The van der Waals surface area contributed by atoms with E-state index in [4.69, 9.17) is 33.2 Å². The van der Waals surface area contributed by atoms with E-state index in [0.717, 1.165) is 0 Å². The van der Waals surface area contributed by atoms with Gasteiger partial charge >= 0.3 is 0 Å². The molecule has 0 aliphatic carbocycles. The van der Waals surface area contributed by atoms with Crippen LogP contribution in [0.15, 0.2) is 0 Å². The molecular formula is C24H42O20. The van der Waals surface area contributed by atoms with Gasteiger partial charge in [0.05, 0.1) is 25.9 Å². The predicted molar refractivity (Wildman–Crippen MR) is 132 cm³/mol. The van der Waals surface area contributed by atoms with Gasteiger partial charge in [0.1, 0.15) is 91.6 Å². The van der Waals surface area contributed by atoms with Gasteiger partial charge in [0, 0.05) is 0 Å². The molecule has 0 bridgehead atoms. The summed E-state index contributed by atoms with van der Waals surface area (Å²) < 4.78 is 37.7. The van der Waals surface area contributed by atoms with Crippen LogP contribution in [0.4, 0.5) is 0 Å². The van der Waals surface area contributed by atoms with Crippen molar-refractivity contribution in [3.63, 3.8) is 0 Å². The maximum atomic E-state index is 11.0. The Morgan fingerprint density at radius 3 is 1.39 bits per heavy atom. The van der Waals surface area contributed by atoms with Crippen LogP contribution in [0.2, 0.25) is 0 Å². The van der Waals surface area contributed by atoms with Crippen molar-refractivity contribution in [3.8, 4) is 0 Å². The third-order valence-electron chi connectivity index (χ3n) is 8.17. The van der Waals surface area contributed by atoms with Crippen molar-refractivity contribution in [3.05, 3.63) is 0 Å².